The van der Waals surface area contributed by atoms with Crippen molar-refractivity contribution in [1.29, 1.82) is 0 Å². The van der Waals surface area contributed by atoms with Crippen LogP contribution in [-0.2, 0) is 4.79 Å². The van der Waals surface area contributed by atoms with Crippen LogP contribution in [0.5, 0.6) is 0 Å². The topological polar surface area (TPSA) is 89.3 Å². The molecule has 0 saturated carbocycles. The first-order valence-corrected chi connectivity index (χ1v) is 4.60. The van der Waals surface area contributed by atoms with Gasteiger partial charge in [0.05, 0.1) is 0 Å². The molecule has 0 spiro atoms. The Hall–Kier alpha value is -0.260. The Kier molecular flexibility index (Phi) is 6.30. The molecule has 0 aromatic rings. The molecular weight excluding hydrogens is 164 g/mol. The Balaban J connectivity index is 3.17. The quantitative estimate of drug-likeness (QED) is 0.476. The Morgan fingerprint density at radius 3 is 2.73 bits per heavy atom. The maximum Gasteiger partial charge on any atom is 0.321 e. The van der Waals surface area contributed by atoms with Gasteiger partial charge in [-0.2, -0.15) is 11.8 Å². The predicted octanol–water partition coefficient (Wildman–Crippen LogP) is -0.520. The van der Waals surface area contributed by atoms with E-state index in [9.17, 15) is 4.79 Å². The van der Waals surface area contributed by atoms with Crippen LogP contribution in [0.2, 0.25) is 0 Å². The highest BCUT2D eigenvalue weighted by atomic mass is 32.2. The molecule has 0 heterocycles. The van der Waals surface area contributed by atoms with E-state index in [-0.39, 0.29) is 0 Å². The first-order chi connectivity index (χ1) is 5.18. The van der Waals surface area contributed by atoms with Crippen LogP contribution in [0.1, 0.15) is 6.42 Å². The van der Waals surface area contributed by atoms with Crippen molar-refractivity contribution in [2.45, 2.75) is 12.5 Å². The van der Waals surface area contributed by atoms with E-state index >= 15 is 0 Å². The van der Waals surface area contributed by atoms with Crippen molar-refractivity contribution in [2.24, 2.45) is 11.5 Å². The van der Waals surface area contributed by atoms with E-state index in [2.05, 4.69) is 0 Å². The first-order valence-electron chi connectivity index (χ1n) is 3.44. The zero-order valence-corrected chi connectivity index (χ0v) is 7.14. The van der Waals surface area contributed by atoms with Crippen molar-refractivity contribution in [3.8, 4) is 0 Å². The van der Waals surface area contributed by atoms with E-state index < -0.39 is 12.0 Å². The normalized spacial score (nSPS) is 12.9. The number of rotatable bonds is 6. The Morgan fingerprint density at radius 1 is 1.64 bits per heavy atom. The summed E-state index contributed by atoms with van der Waals surface area (Å²) < 4.78 is 0. The molecule has 0 bridgehead atoms. The van der Waals surface area contributed by atoms with Gasteiger partial charge < -0.3 is 16.6 Å². The maximum atomic E-state index is 10.2. The summed E-state index contributed by atoms with van der Waals surface area (Å²) in [4.78, 5) is 10.2. The number of hydrogen-bond donors (Lipinski definition) is 3. The molecule has 0 saturated heterocycles. The van der Waals surface area contributed by atoms with Gasteiger partial charge in [0.15, 0.2) is 0 Å². The average molecular weight is 178 g/mol. The van der Waals surface area contributed by atoms with Crippen molar-refractivity contribution in [3.05, 3.63) is 0 Å². The van der Waals surface area contributed by atoms with Crippen LogP contribution in [0.4, 0.5) is 0 Å². The third-order valence-corrected chi connectivity index (χ3v) is 2.28. The lowest BCUT2D eigenvalue weighted by atomic mass is 10.4. The summed E-state index contributed by atoms with van der Waals surface area (Å²) in [5.74, 6) is 0.414. The summed E-state index contributed by atoms with van der Waals surface area (Å²) in [5, 5.41) is 8.38. The van der Waals surface area contributed by atoms with Crippen LogP contribution in [0.25, 0.3) is 0 Å². The Labute approximate surface area is 70.3 Å². The van der Waals surface area contributed by atoms with E-state index in [4.69, 9.17) is 16.6 Å². The van der Waals surface area contributed by atoms with Gasteiger partial charge in [-0.15, -0.1) is 0 Å². The highest BCUT2D eigenvalue weighted by molar-refractivity contribution is 7.99. The van der Waals surface area contributed by atoms with E-state index in [0.29, 0.717) is 12.3 Å². The number of hydrogen-bond acceptors (Lipinski definition) is 4. The molecule has 0 amide bonds. The second-order valence-electron chi connectivity index (χ2n) is 2.16. The smallest absolute Gasteiger partial charge is 0.321 e. The van der Waals surface area contributed by atoms with E-state index in [1.54, 1.807) is 0 Å². The standard InChI is InChI=1S/C6H14N2O2S/c7-2-1-3-11-4-5(8)6(9)10/h5H,1-4,7-8H2,(H,9,10)/t5-/m0/s1. The van der Waals surface area contributed by atoms with E-state index in [1.807, 2.05) is 0 Å². The van der Waals surface area contributed by atoms with Gasteiger partial charge in [0.1, 0.15) is 6.04 Å². The molecule has 0 radical (unpaired) electrons. The predicted molar refractivity (Wildman–Crippen MR) is 46.6 cm³/mol. The zero-order valence-electron chi connectivity index (χ0n) is 6.32. The number of thioether (sulfide) groups is 1. The van der Waals surface area contributed by atoms with Gasteiger partial charge in [-0.05, 0) is 18.7 Å². The van der Waals surface area contributed by atoms with Crippen LogP contribution < -0.4 is 11.5 Å². The van der Waals surface area contributed by atoms with Crippen molar-refractivity contribution in [3.63, 3.8) is 0 Å². The van der Waals surface area contributed by atoms with Crippen molar-refractivity contribution in [1.82, 2.24) is 0 Å². The highest BCUT2D eigenvalue weighted by Crippen LogP contribution is 2.02. The summed E-state index contributed by atoms with van der Waals surface area (Å²) in [6, 6.07) is -0.738. The number of carboxylic acid groups (broad SMARTS) is 1. The van der Waals surface area contributed by atoms with Gasteiger partial charge in [0, 0.05) is 5.75 Å². The second kappa shape index (κ2) is 6.45. The third-order valence-electron chi connectivity index (χ3n) is 1.11. The summed E-state index contributed by atoms with van der Waals surface area (Å²) in [5.41, 5.74) is 10.5. The molecule has 0 aromatic carbocycles. The van der Waals surface area contributed by atoms with Gasteiger partial charge in [-0.25, -0.2) is 0 Å². The third kappa shape index (κ3) is 6.15. The summed E-state index contributed by atoms with van der Waals surface area (Å²) in [7, 11) is 0. The summed E-state index contributed by atoms with van der Waals surface area (Å²) in [6.07, 6.45) is 0.914. The van der Waals surface area contributed by atoms with Gasteiger partial charge in [0.2, 0.25) is 0 Å². The lowest BCUT2D eigenvalue weighted by molar-refractivity contribution is -0.137. The summed E-state index contributed by atoms with van der Waals surface area (Å²) >= 11 is 1.53. The van der Waals surface area contributed by atoms with Crippen LogP contribution in [-0.4, -0.2) is 35.2 Å². The first kappa shape index (κ1) is 10.7. The Morgan fingerprint density at radius 2 is 2.27 bits per heavy atom. The number of aliphatic carboxylic acids is 1. The molecule has 5 N–H and O–H groups in total. The maximum absolute atomic E-state index is 10.2. The molecule has 0 aliphatic rings. The molecule has 0 aliphatic carbocycles. The molecule has 1 atom stereocenters. The largest absolute Gasteiger partial charge is 0.480 e. The second-order valence-corrected chi connectivity index (χ2v) is 3.31. The fourth-order valence-corrected chi connectivity index (χ4v) is 1.40. The van der Waals surface area contributed by atoms with Crippen molar-refractivity contribution in [2.75, 3.05) is 18.1 Å². The molecule has 4 nitrogen and oxygen atoms in total. The molecule has 11 heavy (non-hydrogen) atoms. The molecular formula is C6H14N2O2S. The molecule has 0 unspecified atom stereocenters. The lowest BCUT2D eigenvalue weighted by Crippen LogP contribution is -2.32. The minimum atomic E-state index is -0.940. The zero-order chi connectivity index (χ0) is 8.69. The van der Waals surface area contributed by atoms with E-state index in [0.717, 1.165) is 12.2 Å². The monoisotopic (exact) mass is 178 g/mol. The van der Waals surface area contributed by atoms with Gasteiger partial charge in [-0.3, -0.25) is 4.79 Å². The molecule has 5 heteroatoms. The van der Waals surface area contributed by atoms with Gasteiger partial charge in [-0.1, -0.05) is 0 Å². The molecule has 0 aliphatic heterocycles. The van der Waals surface area contributed by atoms with Crippen LogP contribution in [0.15, 0.2) is 0 Å². The van der Waals surface area contributed by atoms with Crippen LogP contribution in [0, 0.1) is 0 Å². The minimum absolute atomic E-state index is 0.468. The SMILES string of the molecule is NCCCSC[C@H](N)C(=O)O. The minimum Gasteiger partial charge on any atom is -0.480 e. The van der Waals surface area contributed by atoms with Gasteiger partial charge in [0.25, 0.3) is 0 Å². The van der Waals surface area contributed by atoms with Gasteiger partial charge >= 0.3 is 5.97 Å². The molecule has 0 aromatic heterocycles. The van der Waals surface area contributed by atoms with Crippen molar-refractivity contribution < 1.29 is 9.90 Å². The molecule has 0 rings (SSSR count). The number of carbonyl (C=O) groups is 1. The van der Waals surface area contributed by atoms with Crippen LogP contribution in [0.3, 0.4) is 0 Å². The number of nitrogens with two attached hydrogens (primary N) is 2. The number of carboxylic acids is 1. The highest BCUT2D eigenvalue weighted by Gasteiger charge is 2.09. The molecule has 66 valence electrons. The van der Waals surface area contributed by atoms with Crippen LogP contribution >= 0.6 is 11.8 Å². The fraction of sp³-hybridized carbons (Fsp3) is 0.833. The summed E-state index contributed by atoms with van der Waals surface area (Å²) in [6.45, 7) is 0.648. The fourth-order valence-electron chi connectivity index (χ4n) is 0.467. The average Bonchev–Trinajstić information content (AvgIpc) is 1.97. The van der Waals surface area contributed by atoms with Crippen molar-refractivity contribution >= 4 is 17.7 Å². The van der Waals surface area contributed by atoms with E-state index in [1.165, 1.54) is 11.8 Å². The lowest BCUT2D eigenvalue weighted by Gasteiger charge is -2.04. The Bertz CT molecular complexity index is 121. The molecule has 0 fully saturated rings.